The average Bonchev–Trinajstić information content (AvgIpc) is 2.64. The molecule has 0 aliphatic carbocycles. The number of urea groups is 1. The van der Waals surface area contributed by atoms with Gasteiger partial charge in [-0.3, -0.25) is 0 Å². The number of benzene rings is 2. The number of carbonyl (C=O) groups excluding carboxylic acids is 1. The fourth-order valence-corrected chi connectivity index (χ4v) is 3.19. The number of hydrogen-bond donors (Lipinski definition) is 1. The zero-order valence-corrected chi connectivity index (χ0v) is 14.5. The van der Waals surface area contributed by atoms with Gasteiger partial charge in [0.2, 0.25) is 0 Å². The molecule has 1 aliphatic heterocycles. The molecule has 4 heteroatoms. The van der Waals surface area contributed by atoms with E-state index >= 15 is 0 Å². The van der Waals surface area contributed by atoms with Crippen molar-refractivity contribution in [3.8, 4) is 0 Å². The van der Waals surface area contributed by atoms with Crippen LogP contribution in [0.15, 0.2) is 48.5 Å². The van der Waals surface area contributed by atoms with Gasteiger partial charge in [-0.25, -0.2) is 4.79 Å². The molecule has 2 amide bonds. The van der Waals surface area contributed by atoms with Gasteiger partial charge < -0.3 is 15.1 Å². The zero-order valence-electron chi connectivity index (χ0n) is 14.5. The van der Waals surface area contributed by atoms with Gasteiger partial charge in [-0.1, -0.05) is 43.3 Å². The van der Waals surface area contributed by atoms with Gasteiger partial charge >= 0.3 is 6.03 Å². The average molecular weight is 323 g/mol. The smallest absolute Gasteiger partial charge is 0.321 e. The Morgan fingerprint density at radius 3 is 2.38 bits per heavy atom. The van der Waals surface area contributed by atoms with Crippen molar-refractivity contribution in [2.45, 2.75) is 20.3 Å². The Morgan fingerprint density at radius 1 is 1.00 bits per heavy atom. The summed E-state index contributed by atoms with van der Waals surface area (Å²) in [4.78, 5) is 16.9. The van der Waals surface area contributed by atoms with Crippen LogP contribution in [0.4, 0.5) is 16.2 Å². The number of para-hydroxylation sites is 2. The third kappa shape index (κ3) is 3.53. The molecule has 3 rings (SSSR count). The van der Waals surface area contributed by atoms with Crippen molar-refractivity contribution in [3.63, 3.8) is 0 Å². The number of amides is 2. The van der Waals surface area contributed by atoms with E-state index in [0.29, 0.717) is 0 Å². The minimum absolute atomic E-state index is 0.00621. The SMILES string of the molecule is CCc1cccc(C)c1NC(=O)N1CCN(c2ccccc2)CC1. The van der Waals surface area contributed by atoms with Gasteiger partial charge in [0.1, 0.15) is 0 Å². The number of nitrogens with one attached hydrogen (secondary N) is 1. The fourth-order valence-electron chi connectivity index (χ4n) is 3.19. The van der Waals surface area contributed by atoms with Crippen LogP contribution < -0.4 is 10.2 Å². The first kappa shape index (κ1) is 16.4. The van der Waals surface area contributed by atoms with Gasteiger partial charge in [0.05, 0.1) is 0 Å². The summed E-state index contributed by atoms with van der Waals surface area (Å²) in [7, 11) is 0. The van der Waals surface area contributed by atoms with Gasteiger partial charge in [-0.2, -0.15) is 0 Å². The standard InChI is InChI=1S/C20H25N3O/c1-3-17-9-7-8-16(2)19(17)21-20(24)23-14-12-22(13-15-23)18-10-5-4-6-11-18/h4-11H,3,12-15H2,1-2H3,(H,21,24). The van der Waals surface area contributed by atoms with Crippen molar-refractivity contribution < 1.29 is 4.79 Å². The first-order chi connectivity index (χ1) is 11.7. The molecular weight excluding hydrogens is 298 g/mol. The molecule has 2 aromatic rings. The van der Waals surface area contributed by atoms with Gasteiger partial charge in [-0.05, 0) is 36.6 Å². The van der Waals surface area contributed by atoms with Crippen LogP contribution in [0.5, 0.6) is 0 Å². The molecule has 0 bridgehead atoms. The molecule has 0 atom stereocenters. The van der Waals surface area contributed by atoms with Crippen LogP contribution in [0.2, 0.25) is 0 Å². The molecule has 126 valence electrons. The Morgan fingerprint density at radius 2 is 1.71 bits per heavy atom. The molecule has 1 aliphatic rings. The fraction of sp³-hybridized carbons (Fsp3) is 0.350. The summed E-state index contributed by atoms with van der Waals surface area (Å²) in [6, 6.07) is 16.6. The molecule has 0 saturated carbocycles. The molecule has 4 nitrogen and oxygen atoms in total. The van der Waals surface area contributed by atoms with Crippen molar-refractivity contribution in [2.24, 2.45) is 0 Å². The quantitative estimate of drug-likeness (QED) is 0.929. The van der Waals surface area contributed by atoms with Crippen molar-refractivity contribution in [2.75, 3.05) is 36.4 Å². The minimum Gasteiger partial charge on any atom is -0.368 e. The van der Waals surface area contributed by atoms with Crippen LogP contribution in [0.1, 0.15) is 18.1 Å². The summed E-state index contributed by atoms with van der Waals surface area (Å²) in [5, 5.41) is 3.12. The van der Waals surface area contributed by atoms with Crippen LogP contribution in [0.3, 0.4) is 0 Å². The second kappa shape index (κ2) is 7.39. The molecule has 0 aromatic heterocycles. The maximum absolute atomic E-state index is 12.6. The highest BCUT2D eigenvalue weighted by Gasteiger charge is 2.22. The van der Waals surface area contributed by atoms with Crippen molar-refractivity contribution >= 4 is 17.4 Å². The molecule has 0 spiro atoms. The number of piperazine rings is 1. The highest BCUT2D eigenvalue weighted by atomic mass is 16.2. The Hall–Kier alpha value is -2.49. The van der Waals surface area contributed by atoms with Crippen molar-refractivity contribution in [3.05, 3.63) is 59.7 Å². The second-order valence-electron chi connectivity index (χ2n) is 6.20. The molecule has 0 unspecified atom stereocenters. The van der Waals surface area contributed by atoms with Gasteiger partial charge in [0.25, 0.3) is 0 Å². The highest BCUT2D eigenvalue weighted by molar-refractivity contribution is 5.91. The van der Waals surface area contributed by atoms with E-state index in [1.807, 2.05) is 30.0 Å². The van der Waals surface area contributed by atoms with E-state index in [0.717, 1.165) is 43.9 Å². The number of aryl methyl sites for hydroxylation is 2. The zero-order chi connectivity index (χ0) is 16.9. The van der Waals surface area contributed by atoms with E-state index in [-0.39, 0.29) is 6.03 Å². The van der Waals surface area contributed by atoms with Gasteiger partial charge in [0, 0.05) is 37.6 Å². The van der Waals surface area contributed by atoms with Crippen LogP contribution in [0.25, 0.3) is 0 Å². The van der Waals surface area contributed by atoms with Gasteiger partial charge in [-0.15, -0.1) is 0 Å². The largest absolute Gasteiger partial charge is 0.368 e. The lowest BCUT2D eigenvalue weighted by molar-refractivity contribution is 0.208. The molecule has 1 saturated heterocycles. The number of rotatable bonds is 3. The lowest BCUT2D eigenvalue weighted by Gasteiger charge is -2.36. The summed E-state index contributed by atoms with van der Waals surface area (Å²) in [6.07, 6.45) is 0.916. The molecule has 24 heavy (non-hydrogen) atoms. The van der Waals surface area contributed by atoms with E-state index in [2.05, 4.69) is 47.5 Å². The summed E-state index contributed by atoms with van der Waals surface area (Å²) in [6.45, 7) is 7.38. The summed E-state index contributed by atoms with van der Waals surface area (Å²) in [5.74, 6) is 0. The molecule has 2 aromatic carbocycles. The summed E-state index contributed by atoms with van der Waals surface area (Å²) in [5.41, 5.74) is 4.50. The molecule has 0 radical (unpaired) electrons. The monoisotopic (exact) mass is 323 g/mol. The summed E-state index contributed by atoms with van der Waals surface area (Å²) < 4.78 is 0. The van der Waals surface area contributed by atoms with E-state index in [1.54, 1.807) is 0 Å². The van der Waals surface area contributed by atoms with E-state index in [1.165, 1.54) is 11.3 Å². The van der Waals surface area contributed by atoms with Crippen LogP contribution in [0, 0.1) is 6.92 Å². The van der Waals surface area contributed by atoms with Crippen molar-refractivity contribution in [1.29, 1.82) is 0 Å². The maximum atomic E-state index is 12.6. The normalized spacial score (nSPS) is 14.6. The van der Waals surface area contributed by atoms with Crippen LogP contribution >= 0.6 is 0 Å². The Bertz CT molecular complexity index is 691. The molecular formula is C20H25N3O. The number of hydrogen-bond acceptors (Lipinski definition) is 2. The van der Waals surface area contributed by atoms with E-state index in [9.17, 15) is 4.79 Å². The first-order valence-electron chi connectivity index (χ1n) is 8.63. The Labute approximate surface area is 144 Å². The van der Waals surface area contributed by atoms with Crippen LogP contribution in [-0.4, -0.2) is 37.1 Å². The predicted octanol–water partition coefficient (Wildman–Crippen LogP) is 3.91. The predicted molar refractivity (Wildman–Crippen MR) is 99.8 cm³/mol. The molecule has 1 heterocycles. The third-order valence-corrected chi connectivity index (χ3v) is 4.66. The Kier molecular flexibility index (Phi) is 5.04. The van der Waals surface area contributed by atoms with Crippen LogP contribution in [-0.2, 0) is 6.42 Å². The Balaban J connectivity index is 1.62. The molecule has 1 N–H and O–H groups in total. The number of anilines is 2. The van der Waals surface area contributed by atoms with E-state index in [4.69, 9.17) is 0 Å². The third-order valence-electron chi connectivity index (χ3n) is 4.66. The lowest BCUT2D eigenvalue weighted by Crippen LogP contribution is -2.50. The summed E-state index contributed by atoms with van der Waals surface area (Å²) >= 11 is 0. The van der Waals surface area contributed by atoms with Crippen molar-refractivity contribution in [1.82, 2.24) is 4.90 Å². The topological polar surface area (TPSA) is 35.6 Å². The lowest BCUT2D eigenvalue weighted by atomic mass is 10.1. The maximum Gasteiger partial charge on any atom is 0.321 e. The van der Waals surface area contributed by atoms with Gasteiger partial charge in [0.15, 0.2) is 0 Å². The number of carbonyl (C=O) groups is 1. The van der Waals surface area contributed by atoms with E-state index < -0.39 is 0 Å². The first-order valence-corrected chi connectivity index (χ1v) is 8.63. The second-order valence-corrected chi connectivity index (χ2v) is 6.20. The highest BCUT2D eigenvalue weighted by Crippen LogP contribution is 2.22. The number of nitrogens with zero attached hydrogens (tertiary/aromatic N) is 2. The minimum atomic E-state index is 0.00621. The molecule has 1 fully saturated rings.